The van der Waals surface area contributed by atoms with Gasteiger partial charge in [0.1, 0.15) is 0 Å². The van der Waals surface area contributed by atoms with E-state index in [-0.39, 0.29) is 0 Å². The molecule has 19 heavy (non-hydrogen) atoms. The molecule has 1 N–H and O–H groups in total. The Balaban J connectivity index is 2.07. The molecule has 1 heterocycles. The van der Waals surface area contributed by atoms with Crippen molar-refractivity contribution in [2.24, 2.45) is 0 Å². The van der Waals surface area contributed by atoms with Crippen LogP contribution < -0.4 is 5.32 Å². The molecule has 2 aliphatic rings. The monoisotopic (exact) mass is 266 g/mol. The normalized spacial score (nSPS) is 24.9. The first kappa shape index (κ1) is 15.3. The number of nitrogens with one attached hydrogen (secondary N) is 1. The molecule has 112 valence electrons. The van der Waals surface area contributed by atoms with Crippen molar-refractivity contribution in [3.63, 3.8) is 0 Å². The molecule has 0 radical (unpaired) electrons. The molecule has 1 aliphatic carbocycles. The number of hydrogen-bond donors (Lipinski definition) is 1. The van der Waals surface area contributed by atoms with Crippen molar-refractivity contribution in [3.8, 4) is 0 Å². The van der Waals surface area contributed by atoms with Crippen LogP contribution in [0.1, 0.15) is 78.1 Å². The lowest BCUT2D eigenvalue weighted by molar-refractivity contribution is 0.0720. The van der Waals surface area contributed by atoms with Crippen LogP contribution in [-0.4, -0.2) is 36.1 Å². The molecule has 1 unspecified atom stereocenters. The van der Waals surface area contributed by atoms with Gasteiger partial charge in [0, 0.05) is 11.6 Å². The predicted molar refractivity (Wildman–Crippen MR) is 83.6 cm³/mol. The second kappa shape index (κ2) is 7.64. The van der Waals surface area contributed by atoms with Crippen molar-refractivity contribution < 1.29 is 0 Å². The molecular weight excluding hydrogens is 232 g/mol. The number of nitrogens with zero attached hydrogens (tertiary/aromatic N) is 1. The third kappa shape index (κ3) is 3.52. The van der Waals surface area contributed by atoms with Crippen LogP contribution in [0.2, 0.25) is 0 Å². The Morgan fingerprint density at radius 1 is 1.00 bits per heavy atom. The zero-order chi connectivity index (χ0) is 13.6. The fourth-order valence-electron chi connectivity index (χ4n) is 4.32. The number of unbranched alkanes of at least 4 members (excludes halogenated alkanes) is 1. The standard InChI is InChI=1S/C17H34N2/c1-3-5-10-16(18-13-4-2)17(11-6-7-12-17)19-14-8-9-15-19/h16,18H,3-15H2,1-2H3. The van der Waals surface area contributed by atoms with Gasteiger partial charge in [-0.25, -0.2) is 0 Å². The summed E-state index contributed by atoms with van der Waals surface area (Å²) in [5.41, 5.74) is 0.515. The zero-order valence-corrected chi connectivity index (χ0v) is 13.2. The Morgan fingerprint density at radius 2 is 1.68 bits per heavy atom. The Bertz CT molecular complexity index is 232. The summed E-state index contributed by atoms with van der Waals surface area (Å²) >= 11 is 0. The molecule has 0 aromatic rings. The summed E-state index contributed by atoms with van der Waals surface area (Å²) < 4.78 is 0. The highest BCUT2D eigenvalue weighted by Crippen LogP contribution is 2.41. The van der Waals surface area contributed by atoms with Crippen LogP contribution in [0.5, 0.6) is 0 Å². The molecule has 1 saturated heterocycles. The van der Waals surface area contributed by atoms with Crippen LogP contribution in [0.25, 0.3) is 0 Å². The van der Waals surface area contributed by atoms with Gasteiger partial charge in [0.15, 0.2) is 0 Å². The van der Waals surface area contributed by atoms with E-state index in [9.17, 15) is 0 Å². The molecule has 1 atom stereocenters. The van der Waals surface area contributed by atoms with Gasteiger partial charge in [-0.15, -0.1) is 0 Å². The first-order valence-corrected chi connectivity index (χ1v) is 8.82. The summed E-state index contributed by atoms with van der Waals surface area (Å²) in [6.07, 6.45) is 14.0. The Morgan fingerprint density at radius 3 is 2.26 bits per heavy atom. The second-order valence-electron chi connectivity index (χ2n) is 6.65. The average Bonchev–Trinajstić information content (AvgIpc) is 3.10. The van der Waals surface area contributed by atoms with Gasteiger partial charge in [-0.3, -0.25) is 4.90 Å². The zero-order valence-electron chi connectivity index (χ0n) is 13.2. The van der Waals surface area contributed by atoms with Gasteiger partial charge >= 0.3 is 0 Å². The highest BCUT2D eigenvalue weighted by Gasteiger charge is 2.45. The van der Waals surface area contributed by atoms with Crippen molar-refractivity contribution in [2.45, 2.75) is 89.6 Å². The summed E-state index contributed by atoms with van der Waals surface area (Å²) in [5.74, 6) is 0. The first-order chi connectivity index (χ1) is 9.33. The third-order valence-corrected chi connectivity index (χ3v) is 5.34. The first-order valence-electron chi connectivity index (χ1n) is 8.82. The van der Waals surface area contributed by atoms with E-state index in [4.69, 9.17) is 0 Å². The lowest BCUT2D eigenvalue weighted by Gasteiger charge is -2.46. The maximum absolute atomic E-state index is 3.92. The van der Waals surface area contributed by atoms with E-state index in [1.807, 2.05) is 0 Å². The van der Waals surface area contributed by atoms with E-state index in [0.717, 1.165) is 6.04 Å². The predicted octanol–water partition coefficient (Wildman–Crippen LogP) is 3.95. The van der Waals surface area contributed by atoms with Crippen LogP contribution in [0.3, 0.4) is 0 Å². The van der Waals surface area contributed by atoms with Crippen LogP contribution >= 0.6 is 0 Å². The summed E-state index contributed by atoms with van der Waals surface area (Å²) in [6, 6.07) is 0.744. The van der Waals surface area contributed by atoms with Crippen molar-refractivity contribution >= 4 is 0 Å². The average molecular weight is 266 g/mol. The molecular formula is C17H34N2. The fraction of sp³-hybridized carbons (Fsp3) is 1.00. The minimum atomic E-state index is 0.515. The molecule has 0 aromatic carbocycles. The van der Waals surface area contributed by atoms with Crippen molar-refractivity contribution in [1.82, 2.24) is 10.2 Å². The van der Waals surface area contributed by atoms with Gasteiger partial charge in [0.25, 0.3) is 0 Å². The molecule has 0 bridgehead atoms. The number of hydrogen-bond acceptors (Lipinski definition) is 2. The van der Waals surface area contributed by atoms with Crippen molar-refractivity contribution in [1.29, 1.82) is 0 Å². The lowest BCUT2D eigenvalue weighted by atomic mass is 9.83. The van der Waals surface area contributed by atoms with E-state index in [0.29, 0.717) is 5.54 Å². The topological polar surface area (TPSA) is 15.3 Å². The van der Waals surface area contributed by atoms with E-state index < -0.39 is 0 Å². The van der Waals surface area contributed by atoms with Gasteiger partial charge in [-0.05, 0) is 58.2 Å². The smallest absolute Gasteiger partial charge is 0.0362 e. The van der Waals surface area contributed by atoms with Gasteiger partial charge in [0.2, 0.25) is 0 Å². The summed E-state index contributed by atoms with van der Waals surface area (Å²) in [4.78, 5) is 2.86. The SMILES string of the molecule is CCCCC(NCCC)C1(N2CCCC2)CCCC1. The molecule has 2 nitrogen and oxygen atoms in total. The Hall–Kier alpha value is -0.0800. The summed E-state index contributed by atoms with van der Waals surface area (Å²) in [7, 11) is 0. The molecule has 0 amide bonds. The van der Waals surface area contributed by atoms with Gasteiger partial charge in [-0.2, -0.15) is 0 Å². The lowest BCUT2D eigenvalue weighted by Crippen LogP contribution is -2.59. The van der Waals surface area contributed by atoms with Gasteiger partial charge in [-0.1, -0.05) is 39.5 Å². The molecule has 2 fully saturated rings. The fourth-order valence-corrected chi connectivity index (χ4v) is 4.32. The Labute approximate surface area is 120 Å². The van der Waals surface area contributed by atoms with Crippen molar-refractivity contribution in [2.75, 3.05) is 19.6 Å². The minimum Gasteiger partial charge on any atom is -0.312 e. The molecule has 0 aromatic heterocycles. The largest absolute Gasteiger partial charge is 0.312 e. The van der Waals surface area contributed by atoms with Crippen LogP contribution in [0, 0.1) is 0 Å². The van der Waals surface area contributed by atoms with E-state index >= 15 is 0 Å². The van der Waals surface area contributed by atoms with E-state index in [2.05, 4.69) is 24.1 Å². The van der Waals surface area contributed by atoms with E-state index in [1.54, 1.807) is 0 Å². The van der Waals surface area contributed by atoms with Crippen LogP contribution in [-0.2, 0) is 0 Å². The Kier molecular flexibility index (Phi) is 6.15. The maximum atomic E-state index is 3.92. The molecule has 0 spiro atoms. The van der Waals surface area contributed by atoms with Crippen molar-refractivity contribution in [3.05, 3.63) is 0 Å². The molecule has 1 saturated carbocycles. The van der Waals surface area contributed by atoms with Gasteiger partial charge in [0.05, 0.1) is 0 Å². The number of rotatable bonds is 8. The third-order valence-electron chi connectivity index (χ3n) is 5.34. The quantitative estimate of drug-likeness (QED) is 0.715. The van der Waals surface area contributed by atoms with E-state index in [1.165, 1.54) is 83.8 Å². The molecule has 1 aliphatic heterocycles. The maximum Gasteiger partial charge on any atom is 0.0362 e. The van der Waals surface area contributed by atoms with Crippen LogP contribution in [0.15, 0.2) is 0 Å². The molecule has 2 rings (SSSR count). The minimum absolute atomic E-state index is 0.515. The summed E-state index contributed by atoms with van der Waals surface area (Å²) in [5, 5.41) is 3.92. The highest BCUT2D eigenvalue weighted by atomic mass is 15.2. The summed E-state index contributed by atoms with van der Waals surface area (Å²) in [6.45, 7) is 8.53. The van der Waals surface area contributed by atoms with Crippen LogP contribution in [0.4, 0.5) is 0 Å². The molecule has 2 heteroatoms. The second-order valence-corrected chi connectivity index (χ2v) is 6.65. The van der Waals surface area contributed by atoms with Gasteiger partial charge < -0.3 is 5.32 Å². The highest BCUT2D eigenvalue weighted by molar-refractivity contribution is 5.04. The number of likely N-dealkylation sites (tertiary alicyclic amines) is 1.